The van der Waals surface area contributed by atoms with E-state index in [1.165, 1.54) is 12.1 Å². The van der Waals surface area contributed by atoms with Crippen molar-refractivity contribution in [3.63, 3.8) is 0 Å². The van der Waals surface area contributed by atoms with E-state index in [1.54, 1.807) is 6.07 Å². The molecule has 2 nitrogen and oxygen atoms in total. The summed E-state index contributed by atoms with van der Waals surface area (Å²) < 4.78 is 32.7. The number of nitrogens with one attached hydrogen (secondary N) is 1. The van der Waals surface area contributed by atoms with Crippen LogP contribution in [0, 0.1) is 24.0 Å². The number of hydrogen-bond donors (Lipinski definition) is 1. The van der Waals surface area contributed by atoms with Gasteiger partial charge >= 0.3 is 0 Å². The SMILES string of the molecule is C#CCOc1ccc(Br)cc1CNc1ccc(F)cc1F. The van der Waals surface area contributed by atoms with Gasteiger partial charge in [-0.1, -0.05) is 21.9 Å². The quantitative estimate of drug-likeness (QED) is 0.808. The minimum atomic E-state index is -0.643. The molecule has 2 aromatic carbocycles. The normalized spacial score (nSPS) is 10.0. The van der Waals surface area contributed by atoms with Gasteiger partial charge in [0.1, 0.15) is 24.0 Å². The van der Waals surface area contributed by atoms with Crippen molar-refractivity contribution in [3.05, 3.63) is 58.1 Å². The molecule has 21 heavy (non-hydrogen) atoms. The van der Waals surface area contributed by atoms with Gasteiger partial charge in [0.2, 0.25) is 0 Å². The van der Waals surface area contributed by atoms with E-state index < -0.39 is 11.6 Å². The second-order valence-corrected chi connectivity index (χ2v) is 5.14. The average molecular weight is 352 g/mol. The molecule has 0 fully saturated rings. The molecular formula is C16H12BrF2NO. The highest BCUT2D eigenvalue weighted by molar-refractivity contribution is 9.10. The number of rotatable bonds is 5. The fourth-order valence-electron chi connectivity index (χ4n) is 1.77. The van der Waals surface area contributed by atoms with Crippen molar-refractivity contribution in [2.24, 2.45) is 0 Å². The summed E-state index contributed by atoms with van der Waals surface area (Å²) >= 11 is 3.37. The summed E-state index contributed by atoms with van der Waals surface area (Å²) in [5.41, 5.74) is 1.03. The summed E-state index contributed by atoms with van der Waals surface area (Å²) in [5.74, 6) is 1.75. The number of benzene rings is 2. The predicted octanol–water partition coefficient (Wildman–Crippen LogP) is 4.35. The molecule has 0 radical (unpaired) electrons. The molecule has 0 heterocycles. The van der Waals surface area contributed by atoms with Crippen LogP contribution in [0.1, 0.15) is 5.56 Å². The Labute approximate surface area is 130 Å². The molecule has 0 bridgehead atoms. The predicted molar refractivity (Wildman–Crippen MR) is 82.2 cm³/mol. The van der Waals surface area contributed by atoms with Crippen molar-refractivity contribution < 1.29 is 13.5 Å². The number of terminal acetylenes is 1. The lowest BCUT2D eigenvalue weighted by atomic mass is 10.2. The second-order valence-electron chi connectivity index (χ2n) is 4.22. The van der Waals surface area contributed by atoms with Crippen molar-refractivity contribution in [1.29, 1.82) is 0 Å². The van der Waals surface area contributed by atoms with Crippen LogP contribution in [0.3, 0.4) is 0 Å². The Balaban J connectivity index is 2.15. The molecule has 0 spiro atoms. The zero-order chi connectivity index (χ0) is 15.2. The third kappa shape index (κ3) is 4.20. The minimum absolute atomic E-state index is 0.152. The molecule has 0 aliphatic rings. The smallest absolute Gasteiger partial charge is 0.149 e. The summed E-state index contributed by atoms with van der Waals surface area (Å²) in [6.45, 7) is 0.474. The number of hydrogen-bond acceptors (Lipinski definition) is 2. The van der Waals surface area contributed by atoms with E-state index in [9.17, 15) is 8.78 Å². The molecule has 0 saturated carbocycles. The van der Waals surface area contributed by atoms with Gasteiger partial charge in [-0.25, -0.2) is 8.78 Å². The zero-order valence-electron chi connectivity index (χ0n) is 11.0. The van der Waals surface area contributed by atoms with E-state index >= 15 is 0 Å². The van der Waals surface area contributed by atoms with Gasteiger partial charge in [-0.15, -0.1) is 6.42 Å². The van der Waals surface area contributed by atoms with Gasteiger partial charge in [-0.2, -0.15) is 0 Å². The zero-order valence-corrected chi connectivity index (χ0v) is 12.6. The molecule has 108 valence electrons. The maximum Gasteiger partial charge on any atom is 0.149 e. The summed E-state index contributed by atoms with van der Waals surface area (Å²) in [5, 5.41) is 2.91. The number of ether oxygens (including phenoxy) is 1. The third-order valence-corrected chi connectivity index (χ3v) is 3.23. The summed E-state index contributed by atoms with van der Waals surface area (Å²) in [7, 11) is 0. The summed E-state index contributed by atoms with van der Waals surface area (Å²) in [6, 6.07) is 8.83. The van der Waals surface area contributed by atoms with Crippen molar-refractivity contribution in [1.82, 2.24) is 0 Å². The van der Waals surface area contributed by atoms with E-state index in [2.05, 4.69) is 27.2 Å². The van der Waals surface area contributed by atoms with Crippen LogP contribution in [0.25, 0.3) is 0 Å². The molecule has 0 unspecified atom stereocenters. The highest BCUT2D eigenvalue weighted by Crippen LogP contribution is 2.25. The van der Waals surface area contributed by atoms with Crippen LogP contribution in [0.5, 0.6) is 5.75 Å². The monoisotopic (exact) mass is 351 g/mol. The Morgan fingerprint density at radius 3 is 2.71 bits per heavy atom. The van der Waals surface area contributed by atoms with Gasteiger partial charge in [0.15, 0.2) is 0 Å². The van der Waals surface area contributed by atoms with Gasteiger partial charge in [0.05, 0.1) is 5.69 Å². The molecule has 0 aromatic heterocycles. The molecular weight excluding hydrogens is 340 g/mol. The van der Waals surface area contributed by atoms with Gasteiger partial charge in [-0.05, 0) is 30.3 Å². The summed E-state index contributed by atoms with van der Waals surface area (Å²) in [4.78, 5) is 0. The van der Waals surface area contributed by atoms with Crippen molar-refractivity contribution >= 4 is 21.6 Å². The second kappa shape index (κ2) is 7.09. The lowest BCUT2D eigenvalue weighted by molar-refractivity contribution is 0.366. The van der Waals surface area contributed by atoms with Crippen LogP contribution in [0.2, 0.25) is 0 Å². The van der Waals surface area contributed by atoms with Gasteiger partial charge < -0.3 is 10.1 Å². The van der Waals surface area contributed by atoms with Gasteiger partial charge in [0.25, 0.3) is 0 Å². The first-order valence-corrected chi connectivity index (χ1v) is 6.93. The standard InChI is InChI=1S/C16H12BrF2NO/c1-2-7-21-16-6-3-12(17)8-11(16)10-20-15-5-4-13(18)9-14(15)19/h1,3-6,8-9,20H,7,10H2. The molecule has 5 heteroatoms. The van der Waals surface area contributed by atoms with Crippen LogP contribution in [0.15, 0.2) is 40.9 Å². The third-order valence-electron chi connectivity index (χ3n) is 2.73. The number of halogens is 3. The number of anilines is 1. The molecule has 1 N–H and O–H groups in total. The first-order chi connectivity index (χ1) is 10.1. The Hall–Kier alpha value is -2.06. The average Bonchev–Trinajstić information content (AvgIpc) is 2.45. The Kier molecular flexibility index (Phi) is 5.18. The highest BCUT2D eigenvalue weighted by atomic mass is 79.9. The van der Waals surface area contributed by atoms with Crippen LogP contribution >= 0.6 is 15.9 Å². The Bertz CT molecular complexity index is 682. The topological polar surface area (TPSA) is 21.3 Å². The van der Waals surface area contributed by atoms with E-state index in [-0.39, 0.29) is 12.3 Å². The molecule has 2 rings (SSSR count). The van der Waals surface area contributed by atoms with E-state index in [1.807, 2.05) is 12.1 Å². The van der Waals surface area contributed by atoms with Gasteiger partial charge in [-0.3, -0.25) is 0 Å². The molecule has 0 amide bonds. The van der Waals surface area contributed by atoms with Crippen molar-refractivity contribution in [3.8, 4) is 18.1 Å². The van der Waals surface area contributed by atoms with Crippen LogP contribution < -0.4 is 10.1 Å². The Morgan fingerprint density at radius 2 is 2.00 bits per heavy atom. The fourth-order valence-corrected chi connectivity index (χ4v) is 2.18. The van der Waals surface area contributed by atoms with Crippen LogP contribution in [0.4, 0.5) is 14.5 Å². The highest BCUT2D eigenvalue weighted by Gasteiger charge is 2.07. The fraction of sp³-hybridized carbons (Fsp3) is 0.125. The minimum Gasteiger partial charge on any atom is -0.481 e. The molecule has 0 aliphatic carbocycles. The van der Waals surface area contributed by atoms with E-state index in [4.69, 9.17) is 11.2 Å². The van der Waals surface area contributed by atoms with E-state index in [0.29, 0.717) is 12.3 Å². The van der Waals surface area contributed by atoms with Crippen molar-refractivity contribution in [2.45, 2.75) is 6.54 Å². The van der Waals surface area contributed by atoms with Crippen LogP contribution in [-0.2, 0) is 6.54 Å². The van der Waals surface area contributed by atoms with Gasteiger partial charge in [0, 0.05) is 22.6 Å². The van der Waals surface area contributed by atoms with Crippen LogP contribution in [-0.4, -0.2) is 6.61 Å². The first-order valence-electron chi connectivity index (χ1n) is 6.14. The molecule has 0 aliphatic heterocycles. The largest absolute Gasteiger partial charge is 0.481 e. The molecule has 0 atom stereocenters. The molecule has 0 saturated heterocycles. The maximum atomic E-state index is 13.6. The van der Waals surface area contributed by atoms with Crippen molar-refractivity contribution in [2.75, 3.05) is 11.9 Å². The maximum absolute atomic E-state index is 13.6. The Morgan fingerprint density at radius 1 is 1.19 bits per heavy atom. The molecule has 2 aromatic rings. The lowest BCUT2D eigenvalue weighted by Gasteiger charge is -2.12. The van der Waals surface area contributed by atoms with E-state index in [0.717, 1.165) is 16.1 Å². The first kappa shape index (κ1) is 15.3. The summed E-state index contributed by atoms with van der Waals surface area (Å²) in [6.07, 6.45) is 5.17. The lowest BCUT2D eigenvalue weighted by Crippen LogP contribution is -2.05.